The summed E-state index contributed by atoms with van der Waals surface area (Å²) in [6.07, 6.45) is 3.12. The van der Waals surface area contributed by atoms with Gasteiger partial charge in [0, 0.05) is 12.7 Å². The highest BCUT2D eigenvalue weighted by atomic mass is 32.2. The van der Waals surface area contributed by atoms with Gasteiger partial charge >= 0.3 is 0 Å². The molecule has 166 valence electrons. The van der Waals surface area contributed by atoms with Crippen molar-refractivity contribution in [1.82, 2.24) is 4.98 Å². The Bertz CT molecular complexity index is 1170. The number of amides is 1. The quantitative estimate of drug-likeness (QED) is 0.445. The molecule has 31 heavy (non-hydrogen) atoms. The number of sulfone groups is 1. The van der Waals surface area contributed by atoms with Gasteiger partial charge in [0.1, 0.15) is 5.75 Å². The van der Waals surface area contributed by atoms with Crippen molar-refractivity contribution >= 4 is 42.4 Å². The number of fused-ring (bicyclic) bond motifs is 1. The number of aromatic nitrogens is 1. The molecule has 6 nitrogen and oxygen atoms in total. The fourth-order valence-electron chi connectivity index (χ4n) is 3.00. The highest BCUT2D eigenvalue weighted by Crippen LogP contribution is 2.29. The van der Waals surface area contributed by atoms with Crippen LogP contribution < -0.4 is 10.1 Å². The van der Waals surface area contributed by atoms with Crippen LogP contribution >= 0.6 is 11.3 Å². The summed E-state index contributed by atoms with van der Waals surface area (Å²) in [5, 5.41) is 3.24. The van der Waals surface area contributed by atoms with Crippen LogP contribution in [0.2, 0.25) is 0 Å². The summed E-state index contributed by atoms with van der Waals surface area (Å²) in [4.78, 5) is 16.8. The van der Waals surface area contributed by atoms with E-state index in [2.05, 4.69) is 43.2 Å². The van der Waals surface area contributed by atoms with Gasteiger partial charge in [0.25, 0.3) is 0 Å². The van der Waals surface area contributed by atoms with E-state index >= 15 is 0 Å². The minimum absolute atomic E-state index is 0.142. The Hall–Kier alpha value is -2.45. The van der Waals surface area contributed by atoms with E-state index in [9.17, 15) is 13.2 Å². The van der Waals surface area contributed by atoms with E-state index < -0.39 is 9.84 Å². The minimum Gasteiger partial charge on any atom is -0.494 e. The highest BCUT2D eigenvalue weighted by molar-refractivity contribution is 7.90. The molecule has 3 rings (SSSR count). The number of nitrogens with one attached hydrogen (secondary N) is 1. The summed E-state index contributed by atoms with van der Waals surface area (Å²) in [5.74, 6) is 0.648. The first-order valence-electron chi connectivity index (χ1n) is 10.2. The van der Waals surface area contributed by atoms with Gasteiger partial charge in [-0.25, -0.2) is 13.4 Å². The Labute approximate surface area is 187 Å². The average molecular weight is 461 g/mol. The monoisotopic (exact) mass is 460 g/mol. The average Bonchev–Trinajstić information content (AvgIpc) is 3.12. The lowest BCUT2D eigenvalue weighted by atomic mass is 9.82. The molecule has 2 aromatic carbocycles. The molecule has 1 heterocycles. The number of hydrogen-bond donors (Lipinski definition) is 1. The number of carbonyl (C=O) groups excluding carboxylic acids is 1. The zero-order valence-corrected chi connectivity index (χ0v) is 19.9. The third-order valence-electron chi connectivity index (χ3n) is 5.37. The molecule has 8 heteroatoms. The Kier molecular flexibility index (Phi) is 7.01. The Balaban J connectivity index is 1.48. The normalized spacial score (nSPS) is 12.1. The second-order valence-electron chi connectivity index (χ2n) is 8.18. The van der Waals surface area contributed by atoms with Crippen LogP contribution in [0, 0.1) is 0 Å². The molecule has 0 radical (unpaired) electrons. The summed E-state index contributed by atoms with van der Waals surface area (Å²) >= 11 is 1.26. The predicted octanol–water partition coefficient (Wildman–Crippen LogP) is 5.19. The molecule has 0 aliphatic carbocycles. The largest absolute Gasteiger partial charge is 0.494 e. The predicted molar refractivity (Wildman–Crippen MR) is 126 cm³/mol. The van der Waals surface area contributed by atoms with Gasteiger partial charge in [-0.3, -0.25) is 4.79 Å². The van der Waals surface area contributed by atoms with Gasteiger partial charge in [0.15, 0.2) is 15.0 Å². The lowest BCUT2D eigenvalue weighted by molar-refractivity contribution is -0.116. The van der Waals surface area contributed by atoms with E-state index in [1.165, 1.54) is 29.2 Å². The first kappa shape index (κ1) is 23.2. The van der Waals surface area contributed by atoms with Gasteiger partial charge in [-0.2, -0.15) is 0 Å². The fourth-order valence-corrected chi connectivity index (χ4v) is 4.64. The Morgan fingerprint density at radius 1 is 1.16 bits per heavy atom. The lowest BCUT2D eigenvalue weighted by Crippen LogP contribution is -2.15. The number of thiazole rings is 1. The molecule has 0 saturated heterocycles. The maximum atomic E-state index is 12.2. The first-order valence-corrected chi connectivity index (χ1v) is 12.9. The number of carbonyl (C=O) groups is 1. The number of nitrogens with zero attached hydrogens (tertiary/aromatic N) is 1. The summed E-state index contributed by atoms with van der Waals surface area (Å²) in [6.45, 7) is 7.06. The number of rotatable bonds is 9. The fraction of sp³-hybridized carbons (Fsp3) is 0.391. The van der Waals surface area contributed by atoms with Crippen molar-refractivity contribution in [2.45, 2.75) is 50.3 Å². The van der Waals surface area contributed by atoms with Crippen LogP contribution in [-0.4, -0.2) is 32.2 Å². The van der Waals surface area contributed by atoms with Crippen LogP contribution in [0.5, 0.6) is 5.75 Å². The first-order chi connectivity index (χ1) is 14.6. The topological polar surface area (TPSA) is 85.4 Å². The summed E-state index contributed by atoms with van der Waals surface area (Å²) in [6, 6.07) is 12.9. The van der Waals surface area contributed by atoms with Crippen molar-refractivity contribution in [3.8, 4) is 5.75 Å². The van der Waals surface area contributed by atoms with Crippen molar-refractivity contribution in [3.05, 3.63) is 48.0 Å². The van der Waals surface area contributed by atoms with Crippen LogP contribution in [0.4, 0.5) is 5.13 Å². The van der Waals surface area contributed by atoms with Gasteiger partial charge in [0.05, 0.1) is 21.7 Å². The molecule has 3 aromatic rings. The molecule has 0 atom stereocenters. The van der Waals surface area contributed by atoms with Crippen LogP contribution in [0.3, 0.4) is 0 Å². The molecule has 0 aliphatic heterocycles. The molecule has 1 amide bonds. The van der Waals surface area contributed by atoms with Crippen LogP contribution in [0.25, 0.3) is 10.2 Å². The van der Waals surface area contributed by atoms with E-state index in [0.717, 1.165) is 16.9 Å². The molecule has 1 N–H and O–H groups in total. The number of hydrogen-bond acceptors (Lipinski definition) is 6. The molecule has 1 aromatic heterocycles. The molecule has 0 bridgehead atoms. The third kappa shape index (κ3) is 6.04. The number of anilines is 1. The van der Waals surface area contributed by atoms with Crippen molar-refractivity contribution < 1.29 is 17.9 Å². The second-order valence-corrected chi connectivity index (χ2v) is 11.2. The van der Waals surface area contributed by atoms with Crippen molar-refractivity contribution in [2.75, 3.05) is 18.2 Å². The van der Waals surface area contributed by atoms with Gasteiger partial charge < -0.3 is 10.1 Å². The van der Waals surface area contributed by atoms with Crippen molar-refractivity contribution in [3.63, 3.8) is 0 Å². The van der Waals surface area contributed by atoms with E-state index in [4.69, 9.17) is 4.74 Å². The standard InChI is InChI=1S/C23H28N2O4S2/c1-5-23(2,3)16-8-10-17(11-9-16)29-14-6-7-21(26)25-22-24-19-13-12-18(31(4,27)28)15-20(19)30-22/h8-13,15H,5-7,14H2,1-4H3,(H,24,25,26). The van der Waals surface area contributed by atoms with Crippen LogP contribution in [-0.2, 0) is 20.0 Å². The summed E-state index contributed by atoms with van der Waals surface area (Å²) in [7, 11) is -3.28. The van der Waals surface area contributed by atoms with Gasteiger partial charge in [0.2, 0.25) is 5.91 Å². The molecular weight excluding hydrogens is 432 g/mol. The van der Waals surface area contributed by atoms with E-state index in [-0.39, 0.29) is 16.2 Å². The van der Waals surface area contributed by atoms with Crippen molar-refractivity contribution in [2.24, 2.45) is 0 Å². The number of benzene rings is 2. The third-order valence-corrected chi connectivity index (χ3v) is 7.41. The molecule has 0 aliphatic rings. The maximum Gasteiger partial charge on any atom is 0.226 e. The van der Waals surface area contributed by atoms with Gasteiger partial charge in [-0.1, -0.05) is 44.2 Å². The zero-order chi connectivity index (χ0) is 22.6. The van der Waals surface area contributed by atoms with Crippen molar-refractivity contribution in [1.29, 1.82) is 0 Å². The van der Waals surface area contributed by atoms with E-state index in [1.807, 2.05) is 12.1 Å². The smallest absolute Gasteiger partial charge is 0.226 e. The molecular formula is C23H28N2O4S2. The maximum absolute atomic E-state index is 12.2. The Morgan fingerprint density at radius 3 is 2.52 bits per heavy atom. The van der Waals surface area contributed by atoms with E-state index in [0.29, 0.717) is 30.1 Å². The SMILES string of the molecule is CCC(C)(C)c1ccc(OCCCC(=O)Nc2nc3ccc(S(C)(=O)=O)cc3s2)cc1. The summed E-state index contributed by atoms with van der Waals surface area (Å²) in [5.41, 5.74) is 2.08. The Morgan fingerprint density at radius 2 is 1.87 bits per heavy atom. The molecule has 0 saturated carbocycles. The molecule has 0 fully saturated rings. The molecule has 0 spiro atoms. The van der Waals surface area contributed by atoms with E-state index in [1.54, 1.807) is 12.1 Å². The zero-order valence-electron chi connectivity index (χ0n) is 18.3. The number of ether oxygens (including phenoxy) is 1. The van der Waals surface area contributed by atoms with Crippen LogP contribution in [0.1, 0.15) is 45.6 Å². The molecule has 0 unspecified atom stereocenters. The highest BCUT2D eigenvalue weighted by Gasteiger charge is 2.17. The second kappa shape index (κ2) is 9.36. The minimum atomic E-state index is -3.28. The lowest BCUT2D eigenvalue weighted by Gasteiger charge is -2.23. The van der Waals surface area contributed by atoms with Gasteiger partial charge in [-0.05, 0) is 54.2 Å². The van der Waals surface area contributed by atoms with Gasteiger partial charge in [-0.15, -0.1) is 0 Å². The van der Waals surface area contributed by atoms with Crippen LogP contribution in [0.15, 0.2) is 47.4 Å². The summed E-state index contributed by atoms with van der Waals surface area (Å²) < 4.78 is 29.8.